The van der Waals surface area contributed by atoms with Gasteiger partial charge in [-0.25, -0.2) is 0 Å². The number of para-hydroxylation sites is 1. The van der Waals surface area contributed by atoms with Crippen molar-refractivity contribution in [1.29, 1.82) is 0 Å². The molecule has 0 bridgehead atoms. The van der Waals surface area contributed by atoms with Crippen LogP contribution in [0.3, 0.4) is 0 Å². The predicted molar refractivity (Wildman–Crippen MR) is 128 cm³/mol. The molecule has 0 saturated heterocycles. The van der Waals surface area contributed by atoms with Gasteiger partial charge in [-0.1, -0.05) is 54.6 Å². The number of amides is 1. The molecule has 2 N–H and O–H groups in total. The number of benzene rings is 3. The summed E-state index contributed by atoms with van der Waals surface area (Å²) in [6, 6.07) is 24.6. The molecular weight excluding hydrogens is 436 g/mol. The molecule has 164 valence electrons. The van der Waals surface area contributed by atoms with E-state index >= 15 is 0 Å². The number of carbonyl (C=O) groups is 1. The number of fused-ring (bicyclic) bond motifs is 1. The molecule has 2 heterocycles. The fourth-order valence-electron chi connectivity index (χ4n) is 3.52. The van der Waals surface area contributed by atoms with E-state index in [1.165, 1.54) is 11.8 Å². The summed E-state index contributed by atoms with van der Waals surface area (Å²) in [5, 5.41) is 12.1. The first-order valence-electron chi connectivity index (χ1n) is 10.3. The monoisotopic (exact) mass is 456 g/mol. The molecule has 5 aromatic rings. The van der Waals surface area contributed by atoms with Crippen molar-refractivity contribution >= 4 is 34.3 Å². The molecule has 0 aliphatic carbocycles. The molecule has 5 rings (SSSR count). The molecule has 3 aromatic carbocycles. The first-order valence-corrected chi connectivity index (χ1v) is 11.2. The molecule has 0 aliphatic heterocycles. The van der Waals surface area contributed by atoms with Gasteiger partial charge < -0.3 is 19.5 Å². The van der Waals surface area contributed by atoms with Crippen molar-refractivity contribution in [2.75, 3.05) is 12.4 Å². The van der Waals surface area contributed by atoms with Gasteiger partial charge >= 0.3 is 0 Å². The number of hydrogen-bond acceptors (Lipinski definition) is 6. The fourth-order valence-corrected chi connectivity index (χ4v) is 4.40. The van der Waals surface area contributed by atoms with E-state index in [-0.39, 0.29) is 5.91 Å². The number of anilines is 1. The molecule has 0 spiro atoms. The summed E-state index contributed by atoms with van der Waals surface area (Å²) in [6.45, 7) is 0. The van der Waals surface area contributed by atoms with Gasteiger partial charge in [0, 0.05) is 28.9 Å². The topological polar surface area (TPSA) is 93.0 Å². The Labute approximate surface area is 194 Å². The van der Waals surface area contributed by atoms with Crippen molar-refractivity contribution in [2.24, 2.45) is 0 Å². The van der Waals surface area contributed by atoms with Crippen LogP contribution >= 0.6 is 11.8 Å². The van der Waals surface area contributed by atoms with Gasteiger partial charge in [-0.05, 0) is 35.5 Å². The average molecular weight is 457 g/mol. The maximum atomic E-state index is 13.3. The first-order chi connectivity index (χ1) is 16.2. The van der Waals surface area contributed by atoms with Gasteiger partial charge in [-0.15, -0.1) is 10.2 Å². The maximum Gasteiger partial charge on any atom is 0.277 e. The zero-order valence-corrected chi connectivity index (χ0v) is 18.5. The van der Waals surface area contributed by atoms with Crippen LogP contribution in [-0.2, 0) is 4.79 Å². The van der Waals surface area contributed by atoms with E-state index in [1.807, 2.05) is 79.0 Å². The lowest BCUT2D eigenvalue weighted by molar-refractivity contribution is -0.115. The van der Waals surface area contributed by atoms with Crippen LogP contribution in [0.1, 0.15) is 10.8 Å². The van der Waals surface area contributed by atoms with Crippen molar-refractivity contribution in [3.63, 3.8) is 0 Å². The number of H-pyrrole nitrogens is 1. The summed E-state index contributed by atoms with van der Waals surface area (Å²) >= 11 is 1.21. The number of ether oxygens (including phenoxy) is 1. The third-order valence-electron chi connectivity index (χ3n) is 5.12. The molecule has 33 heavy (non-hydrogen) atoms. The molecule has 1 amide bonds. The van der Waals surface area contributed by atoms with Crippen molar-refractivity contribution < 1.29 is 13.9 Å². The second-order valence-electron chi connectivity index (χ2n) is 7.25. The van der Waals surface area contributed by atoms with Crippen molar-refractivity contribution in [3.8, 4) is 17.2 Å². The smallest absolute Gasteiger partial charge is 0.277 e. The number of nitrogens with one attached hydrogen (secondary N) is 2. The minimum Gasteiger partial charge on any atom is -0.497 e. The third-order valence-corrected chi connectivity index (χ3v) is 6.21. The highest BCUT2D eigenvalue weighted by Gasteiger charge is 2.25. The number of hydrogen-bond donors (Lipinski definition) is 2. The van der Waals surface area contributed by atoms with Crippen LogP contribution in [0.15, 0.2) is 94.7 Å². The van der Waals surface area contributed by atoms with E-state index in [0.29, 0.717) is 22.6 Å². The lowest BCUT2D eigenvalue weighted by Crippen LogP contribution is -2.19. The summed E-state index contributed by atoms with van der Waals surface area (Å²) in [5.74, 6) is 0.859. The van der Waals surface area contributed by atoms with Crippen molar-refractivity contribution in [3.05, 3.63) is 90.6 Å². The first kappa shape index (κ1) is 20.8. The minimum atomic E-state index is -0.589. The number of carbonyl (C=O) groups excluding carboxylic acids is 1. The van der Waals surface area contributed by atoms with Gasteiger partial charge in [0.2, 0.25) is 5.91 Å². The summed E-state index contributed by atoms with van der Waals surface area (Å²) in [6.07, 6.45) is 1.84. The summed E-state index contributed by atoms with van der Waals surface area (Å²) < 4.78 is 11.2. The highest BCUT2D eigenvalue weighted by molar-refractivity contribution is 8.00. The third kappa shape index (κ3) is 4.47. The molecule has 8 heteroatoms. The Hall–Kier alpha value is -4.04. The van der Waals surface area contributed by atoms with E-state index in [2.05, 4.69) is 20.5 Å². The van der Waals surface area contributed by atoms with Crippen LogP contribution in [0.2, 0.25) is 0 Å². The van der Waals surface area contributed by atoms with Gasteiger partial charge in [0.1, 0.15) is 11.0 Å². The van der Waals surface area contributed by atoms with E-state index in [9.17, 15) is 4.79 Å². The van der Waals surface area contributed by atoms with Crippen LogP contribution in [0.25, 0.3) is 22.4 Å². The molecule has 2 aromatic heterocycles. The molecular formula is C25H20N4O3S. The second-order valence-corrected chi connectivity index (χ2v) is 8.31. The van der Waals surface area contributed by atoms with E-state index in [4.69, 9.17) is 9.15 Å². The van der Waals surface area contributed by atoms with Crippen LogP contribution < -0.4 is 10.1 Å². The highest BCUT2D eigenvalue weighted by atomic mass is 32.2. The van der Waals surface area contributed by atoms with Gasteiger partial charge in [-0.3, -0.25) is 4.79 Å². The summed E-state index contributed by atoms with van der Waals surface area (Å²) in [5.41, 5.74) is 3.28. The fraction of sp³-hybridized carbons (Fsp3) is 0.0800. The predicted octanol–water partition coefficient (Wildman–Crippen LogP) is 5.70. The molecule has 0 fully saturated rings. The number of aromatic nitrogens is 3. The molecule has 1 unspecified atom stereocenters. The maximum absolute atomic E-state index is 13.3. The average Bonchev–Trinajstić information content (AvgIpc) is 3.50. The number of aromatic amines is 1. The molecule has 0 aliphatic rings. The number of thioether (sulfide) groups is 1. The van der Waals surface area contributed by atoms with Crippen LogP contribution in [0.4, 0.5) is 5.69 Å². The Morgan fingerprint density at radius 1 is 1.03 bits per heavy atom. The van der Waals surface area contributed by atoms with E-state index in [0.717, 1.165) is 22.0 Å². The van der Waals surface area contributed by atoms with Gasteiger partial charge in [0.25, 0.3) is 11.1 Å². The summed E-state index contributed by atoms with van der Waals surface area (Å²) in [4.78, 5) is 16.5. The van der Waals surface area contributed by atoms with Crippen molar-refractivity contribution in [1.82, 2.24) is 15.2 Å². The molecule has 1 atom stereocenters. The minimum absolute atomic E-state index is 0.203. The van der Waals surface area contributed by atoms with Gasteiger partial charge in [-0.2, -0.15) is 0 Å². The Balaban J connectivity index is 1.42. The number of rotatable bonds is 7. The Bertz CT molecular complexity index is 1400. The van der Waals surface area contributed by atoms with E-state index < -0.39 is 5.25 Å². The molecule has 0 saturated carbocycles. The molecule has 0 radical (unpaired) electrons. The highest BCUT2D eigenvalue weighted by Crippen LogP contribution is 2.37. The van der Waals surface area contributed by atoms with E-state index in [1.54, 1.807) is 13.2 Å². The van der Waals surface area contributed by atoms with Gasteiger partial charge in [0.05, 0.1) is 12.7 Å². The zero-order valence-electron chi connectivity index (χ0n) is 17.7. The second kappa shape index (κ2) is 9.22. The summed E-state index contributed by atoms with van der Waals surface area (Å²) in [7, 11) is 1.59. The normalized spacial score (nSPS) is 11.9. The lowest BCUT2D eigenvalue weighted by Gasteiger charge is -2.15. The Morgan fingerprint density at radius 2 is 1.85 bits per heavy atom. The zero-order chi connectivity index (χ0) is 22.6. The van der Waals surface area contributed by atoms with Gasteiger partial charge in [0.15, 0.2) is 0 Å². The quantitative estimate of drug-likeness (QED) is 0.305. The SMILES string of the molecule is COc1cccc(NC(=O)C(Sc2nnc(-c3c[nH]c4ccccc34)o2)c2ccccc2)c1. The van der Waals surface area contributed by atoms with Crippen LogP contribution in [0, 0.1) is 0 Å². The standard InChI is InChI=1S/C25H20N4O3S/c1-31-18-11-7-10-17(14-18)27-23(30)22(16-8-3-2-4-9-16)33-25-29-28-24(32-25)20-15-26-21-13-6-5-12-19(20)21/h2-15,22,26H,1H3,(H,27,30). The van der Waals surface area contributed by atoms with Crippen LogP contribution in [-0.4, -0.2) is 28.2 Å². The largest absolute Gasteiger partial charge is 0.497 e. The lowest BCUT2D eigenvalue weighted by atomic mass is 10.1. The Kier molecular flexibility index (Phi) is 5.82. The molecule has 7 nitrogen and oxygen atoms in total. The number of nitrogens with zero attached hydrogens (tertiary/aromatic N) is 2. The van der Waals surface area contributed by atoms with Crippen LogP contribution in [0.5, 0.6) is 5.75 Å². The Morgan fingerprint density at radius 3 is 2.70 bits per heavy atom. The number of methoxy groups -OCH3 is 1. The van der Waals surface area contributed by atoms with Crippen molar-refractivity contribution in [2.45, 2.75) is 10.5 Å².